The summed E-state index contributed by atoms with van der Waals surface area (Å²) in [6, 6.07) is 5.90. The molecule has 0 aliphatic heterocycles. The fraction of sp³-hybridized carbons (Fsp3) is 0.647. The highest BCUT2D eigenvalue weighted by atomic mass is 19.1. The number of halogens is 1. The fourth-order valence-corrected chi connectivity index (χ4v) is 5.27. The van der Waals surface area contributed by atoms with Crippen LogP contribution in [0.25, 0.3) is 0 Å². The van der Waals surface area contributed by atoms with Crippen molar-refractivity contribution in [2.75, 3.05) is 5.32 Å². The Morgan fingerprint density at radius 3 is 2.74 bits per heavy atom. The molecule has 0 radical (unpaired) electrons. The van der Waals surface area contributed by atoms with Crippen molar-refractivity contribution >= 4 is 5.69 Å². The van der Waals surface area contributed by atoms with E-state index in [1.165, 1.54) is 32.1 Å². The second-order valence-corrected chi connectivity index (χ2v) is 6.92. The van der Waals surface area contributed by atoms with E-state index < -0.39 is 0 Å². The van der Waals surface area contributed by atoms with Crippen LogP contribution in [0.15, 0.2) is 18.2 Å². The third kappa shape index (κ3) is 1.87. The van der Waals surface area contributed by atoms with Gasteiger partial charge in [0.05, 0.1) is 0 Å². The molecule has 5 unspecified atom stereocenters. The van der Waals surface area contributed by atoms with Crippen LogP contribution in [0.4, 0.5) is 10.1 Å². The van der Waals surface area contributed by atoms with E-state index in [-0.39, 0.29) is 5.82 Å². The molecule has 2 bridgehead atoms. The first-order valence-corrected chi connectivity index (χ1v) is 7.74. The summed E-state index contributed by atoms with van der Waals surface area (Å²) in [6.45, 7) is 1.96. The molecular weight excluding hydrogens is 237 g/mol. The molecule has 19 heavy (non-hydrogen) atoms. The minimum Gasteiger partial charge on any atom is -0.382 e. The Morgan fingerprint density at radius 2 is 1.89 bits per heavy atom. The van der Waals surface area contributed by atoms with Crippen LogP contribution in [0.5, 0.6) is 0 Å². The number of fused-ring (bicyclic) bond motifs is 5. The van der Waals surface area contributed by atoms with Gasteiger partial charge in [-0.2, -0.15) is 0 Å². The van der Waals surface area contributed by atoms with Crippen molar-refractivity contribution in [3.8, 4) is 0 Å². The summed E-state index contributed by atoms with van der Waals surface area (Å²) in [5.74, 6) is 3.67. The zero-order chi connectivity index (χ0) is 13.0. The third-order valence-corrected chi connectivity index (χ3v) is 5.82. The van der Waals surface area contributed by atoms with E-state index in [0.717, 1.165) is 34.9 Å². The van der Waals surface area contributed by atoms with Crippen molar-refractivity contribution in [1.29, 1.82) is 0 Å². The standard InChI is InChI=1S/C17H22FN/c1-10-5-12(18)9-13(6-10)19-17-8-11-7-16(17)15-4-2-3-14(11)15/h5-6,9,11,14-17,19H,2-4,7-8H2,1H3. The maximum atomic E-state index is 13.5. The Labute approximate surface area is 114 Å². The van der Waals surface area contributed by atoms with Gasteiger partial charge in [0.2, 0.25) is 0 Å². The zero-order valence-electron chi connectivity index (χ0n) is 11.5. The summed E-state index contributed by atoms with van der Waals surface area (Å²) in [5, 5.41) is 3.63. The van der Waals surface area contributed by atoms with Crippen LogP contribution in [-0.4, -0.2) is 6.04 Å². The predicted octanol–water partition coefficient (Wildman–Crippen LogP) is 4.37. The van der Waals surface area contributed by atoms with Crippen LogP contribution >= 0.6 is 0 Å². The van der Waals surface area contributed by atoms with E-state index in [1.807, 2.05) is 6.92 Å². The minimum atomic E-state index is -0.121. The van der Waals surface area contributed by atoms with Gasteiger partial charge in [-0.25, -0.2) is 4.39 Å². The second kappa shape index (κ2) is 4.22. The SMILES string of the molecule is Cc1cc(F)cc(NC2CC3CC2C2CCCC32)c1. The molecule has 3 saturated carbocycles. The van der Waals surface area contributed by atoms with Gasteiger partial charge in [0.25, 0.3) is 0 Å². The topological polar surface area (TPSA) is 12.0 Å². The van der Waals surface area contributed by atoms with E-state index >= 15 is 0 Å². The molecule has 102 valence electrons. The lowest BCUT2D eigenvalue weighted by atomic mass is 9.79. The summed E-state index contributed by atoms with van der Waals surface area (Å²) in [5.41, 5.74) is 1.98. The fourth-order valence-electron chi connectivity index (χ4n) is 5.27. The van der Waals surface area contributed by atoms with Crippen LogP contribution in [0.2, 0.25) is 0 Å². The van der Waals surface area contributed by atoms with Crippen molar-refractivity contribution in [3.05, 3.63) is 29.6 Å². The highest BCUT2D eigenvalue weighted by Gasteiger charge is 2.53. The number of hydrogen-bond acceptors (Lipinski definition) is 1. The molecule has 0 amide bonds. The van der Waals surface area contributed by atoms with Gasteiger partial charge in [0.15, 0.2) is 0 Å². The molecule has 0 heterocycles. The average molecular weight is 259 g/mol. The van der Waals surface area contributed by atoms with Gasteiger partial charge in [-0.05, 0) is 80.0 Å². The molecule has 3 aliphatic rings. The van der Waals surface area contributed by atoms with Gasteiger partial charge < -0.3 is 5.32 Å². The average Bonchev–Trinajstić information content (AvgIpc) is 2.97. The maximum absolute atomic E-state index is 13.5. The molecule has 0 aromatic heterocycles. The number of nitrogens with one attached hydrogen (secondary N) is 1. The Bertz CT molecular complexity index is 478. The van der Waals surface area contributed by atoms with E-state index in [2.05, 4.69) is 11.4 Å². The van der Waals surface area contributed by atoms with Crippen molar-refractivity contribution in [3.63, 3.8) is 0 Å². The summed E-state index contributed by atoms with van der Waals surface area (Å²) in [7, 11) is 0. The first-order chi connectivity index (χ1) is 9.20. The summed E-state index contributed by atoms with van der Waals surface area (Å²) < 4.78 is 13.5. The van der Waals surface area contributed by atoms with Crippen molar-refractivity contribution in [2.45, 2.75) is 45.1 Å². The van der Waals surface area contributed by atoms with Gasteiger partial charge in [-0.15, -0.1) is 0 Å². The Balaban J connectivity index is 1.52. The van der Waals surface area contributed by atoms with Crippen LogP contribution in [0.3, 0.4) is 0 Å². The quantitative estimate of drug-likeness (QED) is 0.831. The van der Waals surface area contributed by atoms with Gasteiger partial charge in [-0.1, -0.05) is 6.42 Å². The van der Waals surface area contributed by atoms with Gasteiger partial charge >= 0.3 is 0 Å². The van der Waals surface area contributed by atoms with Crippen molar-refractivity contribution < 1.29 is 4.39 Å². The second-order valence-electron chi connectivity index (χ2n) is 6.92. The molecule has 1 aromatic carbocycles. The molecular formula is C17H22FN. The van der Waals surface area contributed by atoms with E-state index in [9.17, 15) is 4.39 Å². The Morgan fingerprint density at radius 1 is 1.05 bits per heavy atom. The summed E-state index contributed by atoms with van der Waals surface area (Å²) >= 11 is 0. The molecule has 1 nitrogen and oxygen atoms in total. The monoisotopic (exact) mass is 259 g/mol. The first-order valence-electron chi connectivity index (χ1n) is 7.74. The molecule has 1 aromatic rings. The lowest BCUT2D eigenvalue weighted by molar-refractivity contribution is 0.243. The first kappa shape index (κ1) is 11.7. The van der Waals surface area contributed by atoms with E-state index in [0.29, 0.717) is 6.04 Å². The number of anilines is 1. The number of aryl methyl sites for hydroxylation is 1. The smallest absolute Gasteiger partial charge is 0.125 e. The Hall–Kier alpha value is -1.05. The number of benzene rings is 1. The van der Waals surface area contributed by atoms with Crippen molar-refractivity contribution in [1.82, 2.24) is 0 Å². The minimum absolute atomic E-state index is 0.121. The highest BCUT2D eigenvalue weighted by Crippen LogP contribution is 2.59. The molecule has 4 rings (SSSR count). The lowest BCUT2D eigenvalue weighted by Gasteiger charge is -2.32. The molecule has 1 N–H and O–H groups in total. The molecule has 3 fully saturated rings. The van der Waals surface area contributed by atoms with Gasteiger partial charge in [0, 0.05) is 11.7 Å². The van der Waals surface area contributed by atoms with Crippen LogP contribution in [0.1, 0.15) is 37.7 Å². The largest absolute Gasteiger partial charge is 0.382 e. The molecule has 5 atom stereocenters. The zero-order valence-corrected chi connectivity index (χ0v) is 11.5. The summed E-state index contributed by atoms with van der Waals surface area (Å²) in [4.78, 5) is 0. The van der Waals surface area contributed by atoms with E-state index in [1.54, 1.807) is 12.1 Å². The van der Waals surface area contributed by atoms with Gasteiger partial charge in [0.1, 0.15) is 5.82 Å². The van der Waals surface area contributed by atoms with Crippen LogP contribution in [0, 0.1) is 36.4 Å². The summed E-state index contributed by atoms with van der Waals surface area (Å²) in [6.07, 6.45) is 7.07. The highest BCUT2D eigenvalue weighted by molar-refractivity contribution is 5.47. The lowest BCUT2D eigenvalue weighted by Crippen LogP contribution is -2.33. The van der Waals surface area contributed by atoms with Crippen LogP contribution in [-0.2, 0) is 0 Å². The van der Waals surface area contributed by atoms with Gasteiger partial charge in [-0.3, -0.25) is 0 Å². The number of hydrogen-bond donors (Lipinski definition) is 1. The van der Waals surface area contributed by atoms with Crippen LogP contribution < -0.4 is 5.32 Å². The number of rotatable bonds is 2. The molecule has 0 spiro atoms. The molecule has 3 aliphatic carbocycles. The normalized spacial score (nSPS) is 39.6. The Kier molecular flexibility index (Phi) is 2.61. The molecule has 2 heteroatoms. The predicted molar refractivity (Wildman–Crippen MR) is 75.6 cm³/mol. The van der Waals surface area contributed by atoms with E-state index in [4.69, 9.17) is 0 Å². The van der Waals surface area contributed by atoms with Crippen molar-refractivity contribution in [2.24, 2.45) is 23.7 Å². The molecule has 0 saturated heterocycles. The maximum Gasteiger partial charge on any atom is 0.125 e. The third-order valence-electron chi connectivity index (χ3n) is 5.82.